The maximum Gasteiger partial charge on any atom is 0.416 e. The number of urea groups is 1. The first-order valence-electron chi connectivity index (χ1n) is 8.18. The summed E-state index contributed by atoms with van der Waals surface area (Å²) in [7, 11) is 1.55. The Labute approximate surface area is 155 Å². The number of nitrogens with zero attached hydrogens (tertiary/aromatic N) is 1. The summed E-state index contributed by atoms with van der Waals surface area (Å²) in [5.41, 5.74) is 5.74. The van der Waals surface area contributed by atoms with Crippen molar-refractivity contribution in [2.24, 2.45) is 5.73 Å². The third-order valence-corrected chi connectivity index (χ3v) is 4.02. The van der Waals surface area contributed by atoms with E-state index >= 15 is 0 Å². The number of carbonyl (C=O) groups excluding carboxylic acids is 2. The Morgan fingerprint density at radius 1 is 1.07 bits per heavy atom. The van der Waals surface area contributed by atoms with Crippen molar-refractivity contribution in [2.45, 2.75) is 25.2 Å². The van der Waals surface area contributed by atoms with Gasteiger partial charge in [-0.1, -0.05) is 42.5 Å². The lowest BCUT2D eigenvalue weighted by molar-refractivity contribution is -0.137. The normalized spacial score (nSPS) is 12.3. The van der Waals surface area contributed by atoms with Gasteiger partial charge in [0.2, 0.25) is 5.91 Å². The molecule has 0 spiro atoms. The topological polar surface area (TPSA) is 75.4 Å². The zero-order chi connectivity index (χ0) is 20.0. The Kier molecular flexibility index (Phi) is 6.44. The molecular formula is C19H20F3N3O2. The highest BCUT2D eigenvalue weighted by Gasteiger charge is 2.30. The zero-order valence-corrected chi connectivity index (χ0v) is 14.7. The van der Waals surface area contributed by atoms with Gasteiger partial charge in [0, 0.05) is 13.6 Å². The molecule has 2 aromatic carbocycles. The number of amides is 3. The highest BCUT2D eigenvalue weighted by atomic mass is 19.4. The minimum atomic E-state index is -4.40. The third kappa shape index (κ3) is 6.02. The van der Waals surface area contributed by atoms with Crippen molar-refractivity contribution in [3.8, 4) is 0 Å². The van der Waals surface area contributed by atoms with E-state index in [1.54, 1.807) is 31.3 Å². The molecule has 0 unspecified atom stereocenters. The standard InChI is InChI=1S/C19H20F3N3O2/c1-25(12-13-7-9-15(10-8-13)19(20,21)22)17(26)11-16(24-18(23)27)14-5-3-2-4-6-14/h2-10,16H,11-12H2,1H3,(H3,23,24,27)/t16-/m0/s1. The summed E-state index contributed by atoms with van der Waals surface area (Å²) >= 11 is 0. The van der Waals surface area contributed by atoms with E-state index in [-0.39, 0.29) is 18.9 Å². The van der Waals surface area contributed by atoms with Crippen molar-refractivity contribution in [1.82, 2.24) is 10.2 Å². The summed E-state index contributed by atoms with van der Waals surface area (Å²) in [6.07, 6.45) is -4.42. The van der Waals surface area contributed by atoms with Gasteiger partial charge in [0.25, 0.3) is 0 Å². The highest BCUT2D eigenvalue weighted by Crippen LogP contribution is 2.29. The Morgan fingerprint density at radius 3 is 2.19 bits per heavy atom. The van der Waals surface area contributed by atoms with Crippen molar-refractivity contribution < 1.29 is 22.8 Å². The van der Waals surface area contributed by atoms with E-state index in [9.17, 15) is 22.8 Å². The molecule has 0 aromatic heterocycles. The van der Waals surface area contributed by atoms with Gasteiger partial charge in [-0.2, -0.15) is 13.2 Å². The van der Waals surface area contributed by atoms with Gasteiger partial charge in [0.1, 0.15) is 0 Å². The maximum atomic E-state index is 12.6. The first-order chi connectivity index (χ1) is 12.7. The average Bonchev–Trinajstić information content (AvgIpc) is 2.61. The predicted molar refractivity (Wildman–Crippen MR) is 94.4 cm³/mol. The number of nitrogens with two attached hydrogens (primary N) is 1. The number of carbonyl (C=O) groups is 2. The number of nitrogens with one attached hydrogen (secondary N) is 1. The van der Waals surface area contributed by atoms with Crippen molar-refractivity contribution >= 4 is 11.9 Å². The van der Waals surface area contributed by atoms with Crippen LogP contribution in [0.5, 0.6) is 0 Å². The molecule has 0 aliphatic heterocycles. The fraction of sp³-hybridized carbons (Fsp3) is 0.263. The van der Waals surface area contributed by atoms with E-state index in [0.29, 0.717) is 5.56 Å². The lowest BCUT2D eigenvalue weighted by Gasteiger charge is -2.22. The molecule has 0 saturated carbocycles. The predicted octanol–water partition coefficient (Wildman–Crippen LogP) is 3.46. The first kappa shape index (κ1) is 20.3. The van der Waals surface area contributed by atoms with Crippen LogP contribution in [0.25, 0.3) is 0 Å². The molecule has 0 radical (unpaired) electrons. The molecule has 3 amide bonds. The van der Waals surface area contributed by atoms with Gasteiger partial charge in [-0.05, 0) is 23.3 Å². The van der Waals surface area contributed by atoms with Gasteiger partial charge in [-0.25, -0.2) is 4.79 Å². The van der Waals surface area contributed by atoms with Gasteiger partial charge in [-0.3, -0.25) is 4.79 Å². The molecule has 27 heavy (non-hydrogen) atoms. The van der Waals surface area contributed by atoms with E-state index in [0.717, 1.165) is 17.7 Å². The number of halogens is 3. The Morgan fingerprint density at radius 2 is 1.67 bits per heavy atom. The fourth-order valence-electron chi connectivity index (χ4n) is 2.60. The maximum absolute atomic E-state index is 12.6. The van der Waals surface area contributed by atoms with Crippen LogP contribution >= 0.6 is 0 Å². The SMILES string of the molecule is CN(Cc1ccc(C(F)(F)F)cc1)C(=O)C[C@H](NC(N)=O)c1ccccc1. The van der Waals surface area contributed by atoms with Crippen molar-refractivity contribution in [1.29, 1.82) is 0 Å². The minimum Gasteiger partial charge on any atom is -0.352 e. The number of hydrogen-bond acceptors (Lipinski definition) is 2. The zero-order valence-electron chi connectivity index (χ0n) is 14.7. The van der Waals surface area contributed by atoms with Crippen LogP contribution in [-0.4, -0.2) is 23.9 Å². The number of benzene rings is 2. The molecule has 144 valence electrons. The molecule has 0 fully saturated rings. The van der Waals surface area contributed by atoms with Crippen molar-refractivity contribution in [2.75, 3.05) is 7.05 Å². The van der Waals surface area contributed by atoms with Gasteiger partial charge >= 0.3 is 12.2 Å². The van der Waals surface area contributed by atoms with Crippen LogP contribution in [0.15, 0.2) is 54.6 Å². The lowest BCUT2D eigenvalue weighted by Crippen LogP contribution is -2.37. The smallest absolute Gasteiger partial charge is 0.352 e. The summed E-state index contributed by atoms with van der Waals surface area (Å²) in [5.74, 6) is -0.280. The van der Waals surface area contributed by atoms with Crippen LogP contribution in [0.3, 0.4) is 0 Å². The highest BCUT2D eigenvalue weighted by molar-refractivity contribution is 5.78. The average molecular weight is 379 g/mol. The fourth-order valence-corrected chi connectivity index (χ4v) is 2.60. The van der Waals surface area contributed by atoms with Crippen molar-refractivity contribution in [3.63, 3.8) is 0 Å². The Hall–Kier alpha value is -3.03. The van der Waals surface area contributed by atoms with Gasteiger partial charge < -0.3 is 16.0 Å². The van der Waals surface area contributed by atoms with E-state index in [1.807, 2.05) is 6.07 Å². The monoisotopic (exact) mass is 379 g/mol. The summed E-state index contributed by atoms with van der Waals surface area (Å²) in [5, 5.41) is 2.54. The van der Waals surface area contributed by atoms with E-state index in [2.05, 4.69) is 5.32 Å². The second-order valence-corrected chi connectivity index (χ2v) is 6.12. The molecule has 2 rings (SSSR count). The molecule has 0 heterocycles. The van der Waals surface area contributed by atoms with Gasteiger partial charge in [0.05, 0.1) is 18.0 Å². The van der Waals surface area contributed by atoms with Crippen molar-refractivity contribution in [3.05, 3.63) is 71.3 Å². The lowest BCUT2D eigenvalue weighted by atomic mass is 10.0. The van der Waals surface area contributed by atoms with Crippen LogP contribution in [0.1, 0.15) is 29.2 Å². The largest absolute Gasteiger partial charge is 0.416 e. The Balaban J connectivity index is 2.03. The molecular weight excluding hydrogens is 359 g/mol. The first-order valence-corrected chi connectivity index (χ1v) is 8.18. The number of rotatable bonds is 6. The second kappa shape index (κ2) is 8.57. The van der Waals surface area contributed by atoms with E-state index < -0.39 is 23.8 Å². The van der Waals surface area contributed by atoms with Gasteiger partial charge in [0.15, 0.2) is 0 Å². The Bertz CT molecular complexity index is 777. The van der Waals surface area contributed by atoms with Crippen LogP contribution in [-0.2, 0) is 17.5 Å². The van der Waals surface area contributed by atoms with Crippen LogP contribution in [0.4, 0.5) is 18.0 Å². The van der Waals surface area contributed by atoms with Crippen LogP contribution in [0, 0.1) is 0 Å². The molecule has 2 aromatic rings. The number of alkyl halides is 3. The molecule has 0 aliphatic rings. The summed E-state index contributed by atoms with van der Waals surface area (Å²) in [4.78, 5) is 25.1. The molecule has 5 nitrogen and oxygen atoms in total. The van der Waals surface area contributed by atoms with Crippen LogP contribution < -0.4 is 11.1 Å². The summed E-state index contributed by atoms with van der Waals surface area (Å²) in [6, 6.07) is 12.2. The third-order valence-electron chi connectivity index (χ3n) is 4.02. The summed E-state index contributed by atoms with van der Waals surface area (Å²) < 4.78 is 37.8. The van der Waals surface area contributed by atoms with E-state index in [4.69, 9.17) is 5.73 Å². The quantitative estimate of drug-likeness (QED) is 0.807. The van der Waals surface area contributed by atoms with Crippen LogP contribution in [0.2, 0.25) is 0 Å². The van der Waals surface area contributed by atoms with E-state index in [1.165, 1.54) is 17.0 Å². The molecule has 3 N–H and O–H groups in total. The van der Waals surface area contributed by atoms with Gasteiger partial charge in [-0.15, -0.1) is 0 Å². The molecule has 0 saturated heterocycles. The second-order valence-electron chi connectivity index (χ2n) is 6.12. The number of hydrogen-bond donors (Lipinski definition) is 2. The summed E-state index contributed by atoms with van der Waals surface area (Å²) in [6.45, 7) is 0.148. The minimum absolute atomic E-state index is 0.0237. The molecule has 8 heteroatoms. The molecule has 1 atom stereocenters. The number of primary amides is 1. The molecule has 0 bridgehead atoms. The molecule has 0 aliphatic carbocycles.